The first-order valence-corrected chi connectivity index (χ1v) is 7.61. The van der Waals surface area contributed by atoms with E-state index in [9.17, 15) is 8.78 Å². The Morgan fingerprint density at radius 1 is 1.15 bits per heavy atom. The minimum absolute atomic E-state index is 0.634. The quantitative estimate of drug-likeness (QED) is 0.496. The van der Waals surface area contributed by atoms with Crippen molar-refractivity contribution in [3.05, 3.63) is 0 Å². The molecule has 0 spiro atoms. The fourth-order valence-electron chi connectivity index (χ4n) is 1.50. The van der Waals surface area contributed by atoms with Crippen LogP contribution in [0.5, 0.6) is 0 Å². The lowest BCUT2D eigenvalue weighted by molar-refractivity contribution is 0.252. The van der Waals surface area contributed by atoms with Crippen LogP contribution in [0.25, 0.3) is 0 Å². The molecule has 0 aliphatic carbocycles. The Hall–Kier alpha value is 0.560. The highest BCUT2D eigenvalue weighted by Gasteiger charge is 2.22. The van der Waals surface area contributed by atoms with Gasteiger partial charge in [0.05, 0.1) is 0 Å². The van der Waals surface area contributed by atoms with E-state index in [1.807, 2.05) is 0 Å². The van der Waals surface area contributed by atoms with E-state index < -0.39 is 5.76 Å². The van der Waals surface area contributed by atoms with Crippen LogP contribution in [0.15, 0.2) is 0 Å². The number of rotatable bonds is 6. The van der Waals surface area contributed by atoms with Gasteiger partial charge >= 0.3 is 0 Å². The average molecular weight is 227 g/mol. The summed E-state index contributed by atoms with van der Waals surface area (Å²) in [5.41, 5.74) is 0. The van der Waals surface area contributed by atoms with E-state index in [1.54, 1.807) is 0 Å². The van der Waals surface area contributed by atoms with Crippen molar-refractivity contribution in [2.24, 2.45) is 0 Å². The molecule has 0 aromatic rings. The van der Waals surface area contributed by atoms with Crippen molar-refractivity contribution in [3.8, 4) is 0 Å². The van der Waals surface area contributed by atoms with E-state index in [1.165, 1.54) is 30.1 Å². The van der Waals surface area contributed by atoms with Crippen LogP contribution in [0.4, 0.5) is 8.78 Å². The third-order valence-electron chi connectivity index (χ3n) is 2.19. The van der Waals surface area contributed by atoms with Gasteiger partial charge in [0.15, 0.2) is 0 Å². The van der Waals surface area contributed by atoms with E-state index in [2.05, 4.69) is 0 Å². The summed E-state index contributed by atoms with van der Waals surface area (Å²) in [6.45, 7) is 0. The number of hydrogen-bond donors (Lipinski definition) is 0. The van der Waals surface area contributed by atoms with E-state index >= 15 is 0 Å². The molecule has 0 aromatic carbocycles. The van der Waals surface area contributed by atoms with Gasteiger partial charge < -0.3 is 0 Å². The second-order valence-electron chi connectivity index (χ2n) is 3.27. The van der Waals surface area contributed by atoms with Crippen molar-refractivity contribution in [1.82, 2.24) is 0 Å². The summed E-state index contributed by atoms with van der Waals surface area (Å²) in [6, 6.07) is 0. The van der Waals surface area contributed by atoms with Gasteiger partial charge in [-0.2, -0.15) is 8.78 Å². The normalized spacial score (nSPS) is 18.7. The molecule has 1 fully saturated rings. The van der Waals surface area contributed by atoms with E-state index in [0.29, 0.717) is 16.6 Å². The molecule has 78 valence electrons. The molecular formula is C9H17F2S2+. The summed E-state index contributed by atoms with van der Waals surface area (Å²) in [6.07, 6.45) is 4.92. The number of alkyl halides is 2. The summed E-state index contributed by atoms with van der Waals surface area (Å²) >= 11 is 0.783. The van der Waals surface area contributed by atoms with Gasteiger partial charge in [0.1, 0.15) is 17.3 Å². The molecule has 1 rings (SSSR count). The molecule has 0 radical (unpaired) electrons. The van der Waals surface area contributed by atoms with E-state index in [4.69, 9.17) is 0 Å². The van der Waals surface area contributed by atoms with Gasteiger partial charge in [0.2, 0.25) is 0 Å². The molecule has 0 amide bonds. The summed E-state index contributed by atoms with van der Waals surface area (Å²) < 4.78 is 23.5. The highest BCUT2D eigenvalue weighted by Crippen LogP contribution is 2.18. The van der Waals surface area contributed by atoms with Gasteiger partial charge in [-0.25, -0.2) is 0 Å². The van der Waals surface area contributed by atoms with Crippen LogP contribution in [0.3, 0.4) is 0 Å². The maximum absolute atomic E-state index is 11.7. The van der Waals surface area contributed by atoms with Crippen LogP contribution in [-0.4, -0.2) is 28.8 Å². The van der Waals surface area contributed by atoms with Gasteiger partial charge in [-0.15, -0.1) is 0 Å². The molecule has 0 unspecified atom stereocenters. The zero-order valence-electron chi connectivity index (χ0n) is 7.81. The smallest absolute Gasteiger partial charge is 0.198 e. The van der Waals surface area contributed by atoms with Crippen molar-refractivity contribution in [3.63, 3.8) is 0 Å². The molecule has 0 bridgehead atoms. The maximum Gasteiger partial charge on any atom is 0.284 e. The highest BCUT2D eigenvalue weighted by molar-refractivity contribution is 7.99. The van der Waals surface area contributed by atoms with Gasteiger partial charge in [-0.3, -0.25) is 0 Å². The molecule has 0 aromatic heterocycles. The number of hydrogen-bond acceptors (Lipinski definition) is 1. The zero-order valence-corrected chi connectivity index (χ0v) is 9.44. The van der Waals surface area contributed by atoms with Gasteiger partial charge in [0, 0.05) is 0 Å². The van der Waals surface area contributed by atoms with Crippen LogP contribution in [0, 0.1) is 0 Å². The van der Waals surface area contributed by atoms with Crippen LogP contribution >= 0.6 is 11.8 Å². The molecule has 13 heavy (non-hydrogen) atoms. The van der Waals surface area contributed by atoms with Crippen LogP contribution in [0.1, 0.15) is 25.7 Å². The Kier molecular flexibility index (Phi) is 6.20. The molecule has 1 aliphatic rings. The Labute approximate surface area is 86.2 Å². The lowest BCUT2D eigenvalue weighted by Gasteiger charge is -2.01. The first kappa shape index (κ1) is 11.6. The highest BCUT2D eigenvalue weighted by atomic mass is 32.2. The Morgan fingerprint density at radius 3 is 2.46 bits per heavy atom. The summed E-state index contributed by atoms with van der Waals surface area (Å²) in [5.74, 6) is 2.57. The molecule has 0 N–H and O–H groups in total. The number of thioether (sulfide) groups is 1. The van der Waals surface area contributed by atoms with Crippen molar-refractivity contribution >= 4 is 22.7 Å². The van der Waals surface area contributed by atoms with Crippen LogP contribution < -0.4 is 0 Å². The lowest BCUT2D eigenvalue weighted by atomic mass is 10.4. The maximum atomic E-state index is 11.7. The predicted molar refractivity (Wildman–Crippen MR) is 58.9 cm³/mol. The Bertz CT molecular complexity index is 125. The number of halogens is 2. The van der Waals surface area contributed by atoms with Crippen LogP contribution in [-0.2, 0) is 10.9 Å². The minimum atomic E-state index is -2.17. The largest absolute Gasteiger partial charge is 0.284 e. The summed E-state index contributed by atoms with van der Waals surface area (Å²) in [5, 5.41) is 0. The van der Waals surface area contributed by atoms with Crippen molar-refractivity contribution in [2.75, 3.05) is 23.0 Å². The second kappa shape index (κ2) is 6.93. The lowest BCUT2D eigenvalue weighted by Crippen LogP contribution is -2.08. The molecule has 1 saturated heterocycles. The first-order chi connectivity index (χ1) is 6.29. The topological polar surface area (TPSA) is 0 Å². The Morgan fingerprint density at radius 2 is 1.85 bits per heavy atom. The number of unbranched alkanes of at least 4 members (excludes halogenated alkanes) is 1. The molecular weight excluding hydrogens is 210 g/mol. The fraction of sp³-hybridized carbons (Fsp3) is 1.00. The van der Waals surface area contributed by atoms with E-state index in [0.717, 1.165) is 24.6 Å². The molecule has 0 nitrogen and oxygen atoms in total. The van der Waals surface area contributed by atoms with Crippen LogP contribution in [0.2, 0.25) is 0 Å². The van der Waals surface area contributed by atoms with Crippen molar-refractivity contribution in [2.45, 2.75) is 31.4 Å². The van der Waals surface area contributed by atoms with Gasteiger partial charge in [-0.1, -0.05) is 11.8 Å². The molecule has 0 atom stereocenters. The third kappa shape index (κ3) is 5.78. The average Bonchev–Trinajstić information content (AvgIpc) is 2.55. The first-order valence-electron chi connectivity index (χ1n) is 4.83. The predicted octanol–water partition coefficient (Wildman–Crippen LogP) is 3.13. The van der Waals surface area contributed by atoms with Gasteiger partial charge in [0.25, 0.3) is 5.76 Å². The van der Waals surface area contributed by atoms with Crippen molar-refractivity contribution in [1.29, 1.82) is 0 Å². The summed E-state index contributed by atoms with van der Waals surface area (Å²) in [4.78, 5) is 0. The van der Waals surface area contributed by atoms with Crippen molar-refractivity contribution < 1.29 is 8.78 Å². The second-order valence-corrected chi connectivity index (χ2v) is 6.82. The molecule has 0 saturated carbocycles. The monoisotopic (exact) mass is 227 g/mol. The molecule has 1 aliphatic heterocycles. The fourth-order valence-corrected chi connectivity index (χ4v) is 4.50. The SMILES string of the molecule is FC(F)SCCCC[S+]1CCCC1. The standard InChI is InChI=1S/C9H17F2S2/c10-9(11)12-5-1-2-6-13-7-3-4-8-13/h9H,1-8H2/q+1. The third-order valence-corrected chi connectivity index (χ3v) is 5.56. The van der Waals surface area contributed by atoms with E-state index in [-0.39, 0.29) is 0 Å². The van der Waals surface area contributed by atoms with Gasteiger partial charge in [-0.05, 0) is 42.3 Å². The zero-order chi connectivity index (χ0) is 9.52. The molecule has 4 heteroatoms. The summed E-state index contributed by atoms with van der Waals surface area (Å²) in [7, 11) is 0.662. The Balaban J connectivity index is 1.83. The minimum Gasteiger partial charge on any atom is -0.198 e. The molecule has 1 heterocycles.